The molecular formula is C20H24N4O5. The number of para-hydroxylation sites is 2. The SMILES string of the molecule is COc1ccccc1N1C[C@H](C(=O)NN2C(=O)NC3(CCCCC3)C2=O)CC1=O. The second-order valence-electron chi connectivity index (χ2n) is 7.77. The Morgan fingerprint density at radius 1 is 1.17 bits per heavy atom. The molecule has 1 saturated carbocycles. The number of nitrogens with zero attached hydrogens (tertiary/aromatic N) is 2. The van der Waals surface area contributed by atoms with E-state index >= 15 is 0 Å². The van der Waals surface area contributed by atoms with Crippen LogP contribution in [0.5, 0.6) is 5.75 Å². The van der Waals surface area contributed by atoms with E-state index < -0.39 is 29.3 Å². The number of hydrogen-bond acceptors (Lipinski definition) is 5. The van der Waals surface area contributed by atoms with Crippen molar-refractivity contribution in [2.24, 2.45) is 5.92 Å². The minimum absolute atomic E-state index is 0.00132. The van der Waals surface area contributed by atoms with E-state index in [9.17, 15) is 19.2 Å². The fourth-order valence-electron chi connectivity index (χ4n) is 4.39. The number of methoxy groups -OCH3 is 1. The molecule has 9 heteroatoms. The average Bonchev–Trinajstić information content (AvgIpc) is 3.22. The van der Waals surface area contributed by atoms with Crippen LogP contribution in [0, 0.1) is 5.92 Å². The highest BCUT2D eigenvalue weighted by molar-refractivity contribution is 6.08. The summed E-state index contributed by atoms with van der Waals surface area (Å²) in [5.41, 5.74) is 2.12. The molecule has 3 aliphatic rings. The minimum Gasteiger partial charge on any atom is -0.495 e. The first kappa shape index (κ1) is 19.2. The van der Waals surface area contributed by atoms with Crippen molar-refractivity contribution < 1.29 is 23.9 Å². The standard InChI is InChI=1S/C20H24N4O5/c1-29-15-8-4-3-7-14(15)23-12-13(11-16(23)25)17(26)22-24-18(27)20(21-19(24)28)9-5-2-6-10-20/h3-4,7-8,13H,2,5-6,9-12H2,1H3,(H,21,28)(H,22,26)/t13-/m1/s1. The largest absolute Gasteiger partial charge is 0.495 e. The molecule has 0 radical (unpaired) electrons. The van der Waals surface area contributed by atoms with Crippen molar-refractivity contribution in [3.63, 3.8) is 0 Å². The molecule has 2 N–H and O–H groups in total. The number of imide groups is 1. The predicted molar refractivity (Wildman–Crippen MR) is 103 cm³/mol. The molecule has 1 atom stereocenters. The smallest absolute Gasteiger partial charge is 0.344 e. The number of carbonyl (C=O) groups excluding carboxylic acids is 4. The molecule has 0 aromatic heterocycles. The van der Waals surface area contributed by atoms with Gasteiger partial charge in [-0.2, -0.15) is 5.01 Å². The second-order valence-corrected chi connectivity index (χ2v) is 7.77. The molecule has 2 saturated heterocycles. The van der Waals surface area contributed by atoms with E-state index in [1.807, 2.05) is 0 Å². The molecule has 0 unspecified atom stereocenters. The summed E-state index contributed by atoms with van der Waals surface area (Å²) in [7, 11) is 1.52. The zero-order valence-electron chi connectivity index (χ0n) is 16.3. The molecule has 4 rings (SSSR count). The minimum atomic E-state index is -0.905. The Hall–Kier alpha value is -3.10. The molecule has 154 valence electrons. The Kier molecular flexibility index (Phi) is 4.89. The quantitative estimate of drug-likeness (QED) is 0.742. The number of hydrazine groups is 1. The molecule has 1 aromatic rings. The van der Waals surface area contributed by atoms with E-state index in [1.165, 1.54) is 12.0 Å². The molecule has 5 amide bonds. The Morgan fingerprint density at radius 3 is 2.62 bits per heavy atom. The maximum absolute atomic E-state index is 12.8. The van der Waals surface area contributed by atoms with Gasteiger partial charge in [0.2, 0.25) is 11.8 Å². The highest BCUT2D eigenvalue weighted by Gasteiger charge is 2.52. The average molecular weight is 400 g/mol. The van der Waals surface area contributed by atoms with Gasteiger partial charge in [0.25, 0.3) is 5.91 Å². The third kappa shape index (κ3) is 3.30. The summed E-state index contributed by atoms with van der Waals surface area (Å²) >= 11 is 0. The first-order valence-corrected chi connectivity index (χ1v) is 9.86. The van der Waals surface area contributed by atoms with E-state index in [-0.39, 0.29) is 18.9 Å². The van der Waals surface area contributed by atoms with E-state index in [2.05, 4.69) is 10.7 Å². The first-order valence-electron chi connectivity index (χ1n) is 9.86. The number of benzene rings is 1. The van der Waals surface area contributed by atoms with Crippen LogP contribution in [0.4, 0.5) is 10.5 Å². The van der Waals surface area contributed by atoms with E-state index in [0.29, 0.717) is 24.3 Å². The normalized spacial score (nSPS) is 23.5. The Bertz CT molecular complexity index is 864. The van der Waals surface area contributed by atoms with Gasteiger partial charge in [-0.3, -0.25) is 19.8 Å². The second kappa shape index (κ2) is 7.38. The number of urea groups is 1. The number of hydrogen-bond donors (Lipinski definition) is 2. The molecule has 2 aliphatic heterocycles. The molecule has 3 fully saturated rings. The van der Waals surface area contributed by atoms with Gasteiger partial charge < -0.3 is 15.0 Å². The number of anilines is 1. The van der Waals surface area contributed by atoms with Crippen LogP contribution in [0.15, 0.2) is 24.3 Å². The Morgan fingerprint density at radius 2 is 1.90 bits per heavy atom. The lowest BCUT2D eigenvalue weighted by Crippen LogP contribution is -2.52. The van der Waals surface area contributed by atoms with Gasteiger partial charge in [0, 0.05) is 13.0 Å². The summed E-state index contributed by atoms with van der Waals surface area (Å²) in [4.78, 5) is 51.9. The van der Waals surface area contributed by atoms with Crippen LogP contribution >= 0.6 is 0 Å². The molecule has 2 heterocycles. The van der Waals surface area contributed by atoms with Crippen LogP contribution in [0.1, 0.15) is 38.5 Å². The van der Waals surface area contributed by atoms with Crippen molar-refractivity contribution in [1.82, 2.24) is 15.8 Å². The first-order chi connectivity index (χ1) is 13.9. The molecule has 29 heavy (non-hydrogen) atoms. The summed E-state index contributed by atoms with van der Waals surface area (Å²) in [6, 6.07) is 6.46. The van der Waals surface area contributed by atoms with Crippen molar-refractivity contribution in [2.75, 3.05) is 18.6 Å². The molecule has 0 bridgehead atoms. The van der Waals surface area contributed by atoms with Gasteiger partial charge >= 0.3 is 6.03 Å². The lowest BCUT2D eigenvalue weighted by Gasteiger charge is -2.30. The lowest BCUT2D eigenvalue weighted by molar-refractivity contribution is -0.141. The van der Waals surface area contributed by atoms with Crippen molar-refractivity contribution in [3.8, 4) is 5.75 Å². The van der Waals surface area contributed by atoms with E-state index in [0.717, 1.165) is 24.3 Å². The van der Waals surface area contributed by atoms with Crippen LogP contribution in [0.2, 0.25) is 0 Å². The fourth-order valence-corrected chi connectivity index (χ4v) is 4.39. The Labute approximate surface area is 168 Å². The third-order valence-corrected chi connectivity index (χ3v) is 5.96. The maximum atomic E-state index is 12.8. The van der Waals surface area contributed by atoms with Crippen LogP contribution in [-0.4, -0.2) is 48.0 Å². The van der Waals surface area contributed by atoms with E-state index in [1.54, 1.807) is 24.3 Å². The molecule has 1 aliphatic carbocycles. The van der Waals surface area contributed by atoms with Gasteiger partial charge in [-0.1, -0.05) is 31.4 Å². The van der Waals surface area contributed by atoms with Gasteiger partial charge in [0.1, 0.15) is 11.3 Å². The van der Waals surface area contributed by atoms with Crippen LogP contribution in [0.25, 0.3) is 0 Å². The summed E-state index contributed by atoms with van der Waals surface area (Å²) < 4.78 is 5.30. The van der Waals surface area contributed by atoms with Crippen molar-refractivity contribution >= 4 is 29.4 Å². The number of carbonyl (C=O) groups is 4. The van der Waals surface area contributed by atoms with Crippen molar-refractivity contribution in [1.29, 1.82) is 0 Å². The summed E-state index contributed by atoms with van der Waals surface area (Å²) in [6.07, 6.45) is 3.90. The van der Waals surface area contributed by atoms with Crippen molar-refractivity contribution in [3.05, 3.63) is 24.3 Å². The summed E-state index contributed by atoms with van der Waals surface area (Å²) in [5, 5.41) is 3.53. The van der Waals surface area contributed by atoms with Gasteiger partial charge in [-0.05, 0) is 25.0 Å². The zero-order valence-corrected chi connectivity index (χ0v) is 16.3. The molecule has 1 spiro atoms. The lowest BCUT2D eigenvalue weighted by atomic mass is 9.82. The summed E-state index contributed by atoms with van der Waals surface area (Å²) in [6.45, 7) is 0.153. The monoisotopic (exact) mass is 400 g/mol. The fraction of sp³-hybridized carbons (Fsp3) is 0.500. The zero-order chi connectivity index (χ0) is 20.6. The highest BCUT2D eigenvalue weighted by atomic mass is 16.5. The van der Waals surface area contributed by atoms with Crippen LogP contribution < -0.4 is 20.4 Å². The topological polar surface area (TPSA) is 108 Å². The number of rotatable bonds is 4. The summed E-state index contributed by atoms with van der Waals surface area (Å²) in [5.74, 6) is -1.28. The van der Waals surface area contributed by atoms with Crippen molar-refractivity contribution in [2.45, 2.75) is 44.1 Å². The van der Waals surface area contributed by atoms with Crippen LogP contribution in [0.3, 0.4) is 0 Å². The van der Waals surface area contributed by atoms with E-state index in [4.69, 9.17) is 4.74 Å². The molecule has 9 nitrogen and oxygen atoms in total. The number of amides is 5. The molecular weight excluding hydrogens is 376 g/mol. The van der Waals surface area contributed by atoms with Gasteiger partial charge in [-0.15, -0.1) is 0 Å². The highest BCUT2D eigenvalue weighted by Crippen LogP contribution is 2.34. The third-order valence-electron chi connectivity index (χ3n) is 5.96. The predicted octanol–water partition coefficient (Wildman–Crippen LogP) is 1.33. The van der Waals surface area contributed by atoms with Gasteiger partial charge in [0.15, 0.2) is 0 Å². The number of ether oxygens (including phenoxy) is 1. The van der Waals surface area contributed by atoms with Gasteiger partial charge in [0.05, 0.1) is 18.7 Å². The number of nitrogens with one attached hydrogen (secondary N) is 2. The maximum Gasteiger partial charge on any atom is 0.344 e. The molecule has 1 aromatic carbocycles. The van der Waals surface area contributed by atoms with Crippen LogP contribution in [-0.2, 0) is 14.4 Å². The Balaban J connectivity index is 1.45. The van der Waals surface area contributed by atoms with Gasteiger partial charge in [-0.25, -0.2) is 4.79 Å².